The largest absolute Gasteiger partial charge is 0.347 e. The molecule has 4 atom stereocenters. The molecule has 2 saturated heterocycles. The first kappa shape index (κ1) is 17.9. The third-order valence-electron chi connectivity index (χ3n) is 4.75. The van der Waals surface area contributed by atoms with Gasteiger partial charge in [0.25, 0.3) is 0 Å². The fourth-order valence-corrected chi connectivity index (χ4v) is 4.04. The van der Waals surface area contributed by atoms with Crippen LogP contribution in [0.3, 0.4) is 0 Å². The van der Waals surface area contributed by atoms with Crippen molar-refractivity contribution in [1.29, 1.82) is 0 Å². The van der Waals surface area contributed by atoms with Gasteiger partial charge in [0.05, 0.1) is 12.9 Å². The van der Waals surface area contributed by atoms with Gasteiger partial charge in [-0.25, -0.2) is 20.1 Å². The van der Waals surface area contributed by atoms with Crippen LogP contribution in [0.15, 0.2) is 25.0 Å². The van der Waals surface area contributed by atoms with E-state index in [0.717, 1.165) is 0 Å². The van der Waals surface area contributed by atoms with Crippen LogP contribution >= 0.6 is 0 Å². The molecular weight excluding hydrogens is 392 g/mol. The molecule has 5 heterocycles. The molecule has 150 valence electrons. The van der Waals surface area contributed by atoms with E-state index in [1.54, 1.807) is 47.9 Å². The van der Waals surface area contributed by atoms with Gasteiger partial charge >= 0.3 is 10.3 Å². The summed E-state index contributed by atoms with van der Waals surface area (Å²) < 4.78 is 48.5. The first-order valence-corrected chi connectivity index (χ1v) is 10.0. The van der Waals surface area contributed by atoms with Gasteiger partial charge in [-0.05, 0) is 13.8 Å². The topological polar surface area (TPSA) is 145 Å². The van der Waals surface area contributed by atoms with Crippen LogP contribution in [0, 0.1) is 0 Å². The lowest BCUT2D eigenvalue weighted by molar-refractivity contribution is -0.198. The molecule has 0 aliphatic carbocycles. The van der Waals surface area contributed by atoms with E-state index in [4.69, 9.17) is 23.5 Å². The monoisotopic (exact) mass is 410 g/mol. The van der Waals surface area contributed by atoms with Crippen LogP contribution in [-0.2, 0) is 28.7 Å². The van der Waals surface area contributed by atoms with Crippen molar-refractivity contribution in [3.8, 4) is 0 Å². The molecule has 13 heteroatoms. The van der Waals surface area contributed by atoms with E-state index in [0.29, 0.717) is 16.8 Å². The SMILES string of the molecule is CC1(C)OC2[C@@H](O1)[C@@H](COS(N)(=O)=O)O[C@H]2n1cnc2c1ncn1ccnc21. The van der Waals surface area contributed by atoms with Crippen LogP contribution < -0.4 is 5.14 Å². The number of imidazole rings is 2. The van der Waals surface area contributed by atoms with Crippen molar-refractivity contribution in [1.82, 2.24) is 23.9 Å². The van der Waals surface area contributed by atoms with E-state index in [-0.39, 0.29) is 6.61 Å². The van der Waals surface area contributed by atoms with Crippen molar-refractivity contribution in [2.45, 2.75) is 44.2 Å². The lowest BCUT2D eigenvalue weighted by atomic mass is 10.1. The van der Waals surface area contributed by atoms with Crippen LogP contribution in [0.2, 0.25) is 0 Å². The fraction of sp³-hybridized carbons (Fsp3) is 0.533. The molecule has 2 aliphatic heterocycles. The summed E-state index contributed by atoms with van der Waals surface area (Å²) in [4.78, 5) is 13.2. The summed E-state index contributed by atoms with van der Waals surface area (Å²) in [7, 11) is -4.11. The van der Waals surface area contributed by atoms with Crippen molar-refractivity contribution in [2.24, 2.45) is 5.14 Å². The van der Waals surface area contributed by atoms with E-state index in [2.05, 4.69) is 15.0 Å². The maximum atomic E-state index is 11.2. The molecule has 2 fully saturated rings. The molecule has 0 saturated carbocycles. The maximum Gasteiger partial charge on any atom is 0.333 e. The van der Waals surface area contributed by atoms with Gasteiger partial charge in [0.15, 0.2) is 28.8 Å². The molecule has 28 heavy (non-hydrogen) atoms. The second-order valence-corrected chi connectivity index (χ2v) is 8.36. The summed E-state index contributed by atoms with van der Waals surface area (Å²) >= 11 is 0. The molecule has 12 nitrogen and oxygen atoms in total. The smallest absolute Gasteiger partial charge is 0.333 e. The lowest BCUT2D eigenvalue weighted by Crippen LogP contribution is -2.34. The van der Waals surface area contributed by atoms with Crippen LogP contribution in [-0.4, -0.2) is 63.0 Å². The Morgan fingerprint density at radius 1 is 1.18 bits per heavy atom. The van der Waals surface area contributed by atoms with Crippen molar-refractivity contribution in [3.05, 3.63) is 25.0 Å². The summed E-state index contributed by atoms with van der Waals surface area (Å²) in [5, 5.41) is 4.94. The third-order valence-corrected chi connectivity index (χ3v) is 5.21. The van der Waals surface area contributed by atoms with E-state index in [1.807, 2.05) is 0 Å². The quantitative estimate of drug-likeness (QED) is 0.613. The van der Waals surface area contributed by atoms with Gasteiger partial charge in [0.1, 0.15) is 24.6 Å². The number of fused-ring (bicyclic) bond motifs is 4. The van der Waals surface area contributed by atoms with Gasteiger partial charge in [-0.3, -0.25) is 13.2 Å². The zero-order valence-corrected chi connectivity index (χ0v) is 15.8. The van der Waals surface area contributed by atoms with Gasteiger partial charge in [0, 0.05) is 12.4 Å². The number of nitrogens with two attached hydrogens (primary N) is 1. The van der Waals surface area contributed by atoms with Crippen LogP contribution in [0.5, 0.6) is 0 Å². The Balaban J connectivity index is 1.53. The summed E-state index contributed by atoms with van der Waals surface area (Å²) in [5.41, 5.74) is 1.83. The van der Waals surface area contributed by atoms with Crippen LogP contribution in [0.4, 0.5) is 0 Å². The Hall–Kier alpha value is -2.16. The number of nitrogens with zero attached hydrogens (tertiary/aromatic N) is 5. The Bertz CT molecular complexity index is 1160. The first-order chi connectivity index (χ1) is 13.2. The van der Waals surface area contributed by atoms with Crippen molar-refractivity contribution >= 4 is 27.1 Å². The minimum atomic E-state index is -4.11. The molecule has 2 N–H and O–H groups in total. The average molecular weight is 410 g/mol. The molecule has 0 spiro atoms. The summed E-state index contributed by atoms with van der Waals surface area (Å²) in [6.07, 6.45) is 4.25. The molecule has 0 bridgehead atoms. The zero-order chi connectivity index (χ0) is 19.7. The van der Waals surface area contributed by atoms with E-state index < -0.39 is 40.6 Å². The highest BCUT2D eigenvalue weighted by molar-refractivity contribution is 7.84. The minimum absolute atomic E-state index is 0.291. The molecular formula is C15H18N6O6S. The third kappa shape index (κ3) is 2.87. The van der Waals surface area contributed by atoms with E-state index in [9.17, 15) is 8.42 Å². The molecule has 0 radical (unpaired) electrons. The Labute approximate surface area is 159 Å². The molecule has 0 aromatic carbocycles. The summed E-state index contributed by atoms with van der Waals surface area (Å²) in [6.45, 7) is 3.26. The van der Waals surface area contributed by atoms with Crippen molar-refractivity contribution in [2.75, 3.05) is 6.61 Å². The van der Waals surface area contributed by atoms with Crippen LogP contribution in [0.1, 0.15) is 20.1 Å². The van der Waals surface area contributed by atoms with Gasteiger partial charge in [0.2, 0.25) is 0 Å². The molecule has 2 aliphatic rings. The number of aromatic nitrogens is 5. The zero-order valence-electron chi connectivity index (χ0n) is 15.0. The number of hydrogen-bond acceptors (Lipinski definition) is 9. The Kier molecular flexibility index (Phi) is 3.78. The Morgan fingerprint density at radius 3 is 2.75 bits per heavy atom. The van der Waals surface area contributed by atoms with Gasteiger partial charge < -0.3 is 14.2 Å². The molecule has 0 amide bonds. The highest BCUT2D eigenvalue weighted by atomic mass is 32.2. The van der Waals surface area contributed by atoms with Gasteiger partial charge in [-0.2, -0.15) is 8.42 Å². The normalized spacial score (nSPS) is 29.7. The summed E-state index contributed by atoms with van der Waals surface area (Å²) in [5.74, 6) is -0.864. The first-order valence-electron chi connectivity index (χ1n) is 8.54. The highest BCUT2D eigenvalue weighted by Gasteiger charge is 2.56. The highest BCUT2D eigenvalue weighted by Crippen LogP contribution is 2.43. The molecule has 3 aromatic heterocycles. The predicted octanol–water partition coefficient (Wildman–Crippen LogP) is -0.283. The molecule has 5 rings (SSSR count). The van der Waals surface area contributed by atoms with E-state index in [1.165, 1.54) is 0 Å². The lowest BCUT2D eigenvalue weighted by Gasteiger charge is -2.24. The van der Waals surface area contributed by atoms with Gasteiger partial charge in [-0.15, -0.1) is 0 Å². The second-order valence-electron chi connectivity index (χ2n) is 7.13. The molecule has 1 unspecified atom stereocenters. The maximum absolute atomic E-state index is 11.2. The Morgan fingerprint density at radius 2 is 1.96 bits per heavy atom. The fourth-order valence-electron chi connectivity index (χ4n) is 3.71. The molecule has 3 aromatic rings. The minimum Gasteiger partial charge on any atom is -0.347 e. The second kappa shape index (κ2) is 5.92. The standard InChI is InChI=1S/C15H18N6O6S/c1-15(2)26-10-8(5-24-28(16,22)23)25-14(11(10)27-15)21-7-18-9-12-17-3-4-20(12)6-19-13(9)21/h3-4,6-8,10-11,14H,5H2,1-2H3,(H2,16,22,23)/t8-,10+,11?,14-/m1/s1. The summed E-state index contributed by atoms with van der Waals surface area (Å²) in [6, 6.07) is 0. The predicted molar refractivity (Wildman–Crippen MR) is 93.1 cm³/mol. The number of rotatable bonds is 4. The van der Waals surface area contributed by atoms with Crippen LogP contribution in [0.25, 0.3) is 16.8 Å². The van der Waals surface area contributed by atoms with Crippen molar-refractivity contribution < 1.29 is 26.8 Å². The van der Waals surface area contributed by atoms with Crippen molar-refractivity contribution in [3.63, 3.8) is 0 Å². The van der Waals surface area contributed by atoms with E-state index >= 15 is 0 Å². The number of hydrogen-bond donors (Lipinski definition) is 1. The van der Waals surface area contributed by atoms with Gasteiger partial charge in [-0.1, -0.05) is 0 Å². The number of ether oxygens (including phenoxy) is 3. The average Bonchev–Trinajstić information content (AvgIpc) is 3.32.